The number of carbonyl (C=O) groups excluding carboxylic acids is 1. The molecular weight excluding hydrogens is 316 g/mol. The third-order valence-corrected chi connectivity index (χ3v) is 4.10. The molecule has 1 saturated carbocycles. The maximum Gasteiger partial charge on any atom is 0.238 e. The van der Waals surface area contributed by atoms with Crippen molar-refractivity contribution < 1.29 is 9.90 Å². The predicted octanol–water partition coefficient (Wildman–Crippen LogP) is 3.40. The molecule has 2 aromatic carbocycles. The second-order valence-electron chi connectivity index (χ2n) is 6.14. The first-order valence-corrected chi connectivity index (χ1v) is 8.45. The molecule has 1 atom stereocenters. The minimum atomic E-state index is -0.127. The number of amides is 1. The highest BCUT2D eigenvalue weighted by Gasteiger charge is 2.30. The van der Waals surface area contributed by atoms with Crippen LogP contribution in [0, 0.1) is 5.92 Å². The van der Waals surface area contributed by atoms with Gasteiger partial charge in [0, 0.05) is 11.7 Å². The Bertz CT molecular complexity index is 712. The maximum absolute atomic E-state index is 12.0. The summed E-state index contributed by atoms with van der Waals surface area (Å²) in [6.45, 7) is 0.260. The highest BCUT2D eigenvalue weighted by molar-refractivity contribution is 5.92. The van der Waals surface area contributed by atoms with Crippen LogP contribution in [0.25, 0.3) is 0 Å². The fourth-order valence-corrected chi connectivity index (χ4v) is 2.53. The number of aliphatic hydroxyl groups excluding tert-OH is 1. The van der Waals surface area contributed by atoms with E-state index in [-0.39, 0.29) is 25.1 Å². The van der Waals surface area contributed by atoms with Gasteiger partial charge in [0.1, 0.15) is 0 Å². The lowest BCUT2D eigenvalue weighted by molar-refractivity contribution is -0.115. The SMILES string of the molecule is O=C(CNC(CO)C1CC1)Nc1ccc(N=Nc2ccccc2)cc1. The van der Waals surface area contributed by atoms with Gasteiger partial charge in [-0.3, -0.25) is 4.79 Å². The summed E-state index contributed by atoms with van der Waals surface area (Å²) in [7, 11) is 0. The van der Waals surface area contributed by atoms with E-state index in [0.29, 0.717) is 17.3 Å². The number of nitrogens with one attached hydrogen (secondary N) is 2. The van der Waals surface area contributed by atoms with Crippen LogP contribution in [0.15, 0.2) is 64.8 Å². The quantitative estimate of drug-likeness (QED) is 0.645. The van der Waals surface area contributed by atoms with Crippen molar-refractivity contribution in [2.75, 3.05) is 18.5 Å². The van der Waals surface area contributed by atoms with E-state index in [1.165, 1.54) is 0 Å². The van der Waals surface area contributed by atoms with E-state index in [9.17, 15) is 9.90 Å². The van der Waals surface area contributed by atoms with E-state index in [0.717, 1.165) is 18.5 Å². The summed E-state index contributed by atoms with van der Waals surface area (Å²) in [6, 6.07) is 16.7. The van der Waals surface area contributed by atoms with Crippen LogP contribution < -0.4 is 10.6 Å². The molecule has 1 fully saturated rings. The van der Waals surface area contributed by atoms with Crippen molar-refractivity contribution in [3.8, 4) is 0 Å². The van der Waals surface area contributed by atoms with Crippen molar-refractivity contribution >= 4 is 23.0 Å². The average molecular weight is 338 g/mol. The van der Waals surface area contributed by atoms with Gasteiger partial charge in [-0.1, -0.05) is 18.2 Å². The second kappa shape index (κ2) is 8.50. The molecule has 3 N–H and O–H groups in total. The van der Waals surface area contributed by atoms with Gasteiger partial charge in [-0.05, 0) is 55.2 Å². The minimum Gasteiger partial charge on any atom is -0.395 e. The number of anilines is 1. The fraction of sp³-hybridized carbons (Fsp3) is 0.316. The Morgan fingerprint density at radius 3 is 2.28 bits per heavy atom. The lowest BCUT2D eigenvalue weighted by Gasteiger charge is -2.15. The summed E-state index contributed by atoms with van der Waals surface area (Å²) < 4.78 is 0. The highest BCUT2D eigenvalue weighted by atomic mass is 16.3. The first kappa shape index (κ1) is 17.3. The number of benzene rings is 2. The molecule has 0 aromatic heterocycles. The molecule has 130 valence electrons. The van der Waals surface area contributed by atoms with Gasteiger partial charge in [0.25, 0.3) is 0 Å². The highest BCUT2D eigenvalue weighted by Crippen LogP contribution is 2.32. The van der Waals surface area contributed by atoms with Crippen LogP contribution in [0.5, 0.6) is 0 Å². The van der Waals surface area contributed by atoms with Gasteiger partial charge in [0.2, 0.25) is 5.91 Å². The fourth-order valence-electron chi connectivity index (χ4n) is 2.53. The van der Waals surface area contributed by atoms with Crippen molar-refractivity contribution in [1.29, 1.82) is 0 Å². The summed E-state index contributed by atoms with van der Waals surface area (Å²) >= 11 is 0. The van der Waals surface area contributed by atoms with Crippen LogP contribution >= 0.6 is 0 Å². The van der Waals surface area contributed by atoms with Gasteiger partial charge < -0.3 is 15.7 Å². The van der Waals surface area contributed by atoms with E-state index in [2.05, 4.69) is 20.9 Å². The molecule has 6 heteroatoms. The zero-order chi connectivity index (χ0) is 17.5. The first-order valence-electron chi connectivity index (χ1n) is 8.45. The topological polar surface area (TPSA) is 86.1 Å². The summed E-state index contributed by atoms with van der Waals surface area (Å²) in [4.78, 5) is 12.0. The minimum absolute atomic E-state index is 0.0199. The maximum atomic E-state index is 12.0. The molecule has 0 bridgehead atoms. The van der Waals surface area contributed by atoms with Crippen molar-refractivity contribution in [2.45, 2.75) is 18.9 Å². The van der Waals surface area contributed by atoms with Crippen LogP contribution in [0.3, 0.4) is 0 Å². The van der Waals surface area contributed by atoms with E-state index in [1.54, 1.807) is 24.3 Å². The normalized spacial score (nSPS) is 15.2. The molecule has 6 nitrogen and oxygen atoms in total. The standard InChI is InChI=1S/C19H22N4O2/c24-13-18(14-6-7-14)20-12-19(25)21-15-8-10-17(11-9-15)23-22-16-4-2-1-3-5-16/h1-5,8-11,14,18,20,24H,6-7,12-13H2,(H,21,25). The van der Waals surface area contributed by atoms with E-state index < -0.39 is 0 Å². The summed E-state index contributed by atoms with van der Waals surface area (Å²) in [5, 5.41) is 23.5. The van der Waals surface area contributed by atoms with Crippen LogP contribution in [0.1, 0.15) is 12.8 Å². The Kier molecular flexibility index (Phi) is 5.87. The third kappa shape index (κ3) is 5.48. The number of azo groups is 1. The molecule has 0 spiro atoms. The van der Waals surface area contributed by atoms with Gasteiger partial charge in [0.05, 0.1) is 24.5 Å². The lowest BCUT2D eigenvalue weighted by Crippen LogP contribution is -2.39. The van der Waals surface area contributed by atoms with Crippen LogP contribution in [-0.2, 0) is 4.79 Å². The molecule has 1 aliphatic carbocycles. The van der Waals surface area contributed by atoms with Gasteiger partial charge in [-0.25, -0.2) is 0 Å². The van der Waals surface area contributed by atoms with Gasteiger partial charge in [-0.15, -0.1) is 0 Å². The summed E-state index contributed by atoms with van der Waals surface area (Å²) in [5.74, 6) is 0.379. The van der Waals surface area contributed by atoms with E-state index >= 15 is 0 Å². The molecule has 3 rings (SSSR count). The van der Waals surface area contributed by atoms with Crippen LogP contribution in [0.4, 0.5) is 17.1 Å². The zero-order valence-corrected chi connectivity index (χ0v) is 13.9. The van der Waals surface area contributed by atoms with E-state index in [1.807, 2.05) is 30.3 Å². The number of hydrogen-bond donors (Lipinski definition) is 3. The zero-order valence-electron chi connectivity index (χ0n) is 13.9. The Morgan fingerprint density at radius 2 is 1.68 bits per heavy atom. The van der Waals surface area contributed by atoms with Crippen molar-refractivity contribution in [2.24, 2.45) is 16.1 Å². The third-order valence-electron chi connectivity index (χ3n) is 4.10. The summed E-state index contributed by atoms with van der Waals surface area (Å²) in [6.07, 6.45) is 2.25. The monoisotopic (exact) mass is 338 g/mol. The van der Waals surface area contributed by atoms with Crippen LogP contribution in [0.2, 0.25) is 0 Å². The van der Waals surface area contributed by atoms with Gasteiger partial charge in [0.15, 0.2) is 0 Å². The van der Waals surface area contributed by atoms with Crippen molar-refractivity contribution in [3.05, 3.63) is 54.6 Å². The number of carbonyl (C=O) groups is 1. The molecule has 1 aliphatic rings. The lowest BCUT2D eigenvalue weighted by atomic mass is 10.2. The molecule has 0 heterocycles. The Balaban J connectivity index is 1.48. The van der Waals surface area contributed by atoms with Crippen LogP contribution in [-0.4, -0.2) is 30.2 Å². The van der Waals surface area contributed by atoms with Crippen molar-refractivity contribution in [3.63, 3.8) is 0 Å². The smallest absolute Gasteiger partial charge is 0.238 e. The molecule has 1 unspecified atom stereocenters. The second-order valence-corrected chi connectivity index (χ2v) is 6.14. The Hall–Kier alpha value is -2.57. The van der Waals surface area contributed by atoms with Crippen molar-refractivity contribution in [1.82, 2.24) is 5.32 Å². The molecule has 2 aromatic rings. The molecule has 0 radical (unpaired) electrons. The Morgan fingerprint density at radius 1 is 1.04 bits per heavy atom. The molecule has 0 aliphatic heterocycles. The summed E-state index contributed by atoms with van der Waals surface area (Å²) in [5.41, 5.74) is 2.21. The number of hydrogen-bond acceptors (Lipinski definition) is 5. The molecule has 1 amide bonds. The predicted molar refractivity (Wildman–Crippen MR) is 97.3 cm³/mol. The Labute approximate surface area is 147 Å². The number of rotatable bonds is 8. The molecule has 25 heavy (non-hydrogen) atoms. The van der Waals surface area contributed by atoms with Gasteiger partial charge >= 0.3 is 0 Å². The molecular formula is C19H22N4O2. The first-order chi connectivity index (χ1) is 12.2. The number of aliphatic hydroxyl groups is 1. The average Bonchev–Trinajstić information content (AvgIpc) is 3.48. The molecule has 0 saturated heterocycles. The van der Waals surface area contributed by atoms with Gasteiger partial charge in [-0.2, -0.15) is 10.2 Å². The van der Waals surface area contributed by atoms with E-state index in [4.69, 9.17) is 0 Å². The largest absolute Gasteiger partial charge is 0.395 e. The number of nitrogens with zero attached hydrogens (tertiary/aromatic N) is 2.